The quantitative estimate of drug-likeness (QED) is 0.353. The molecule has 0 aliphatic heterocycles. The van der Waals surface area contributed by atoms with Gasteiger partial charge in [0.2, 0.25) is 5.91 Å². The molecule has 0 saturated carbocycles. The Bertz CT molecular complexity index is 1430. The summed E-state index contributed by atoms with van der Waals surface area (Å²) in [5.41, 5.74) is 4.24. The van der Waals surface area contributed by atoms with Crippen molar-refractivity contribution in [1.29, 1.82) is 0 Å². The molecule has 2 aromatic carbocycles. The van der Waals surface area contributed by atoms with Crippen molar-refractivity contribution in [1.82, 2.24) is 19.5 Å². The van der Waals surface area contributed by atoms with Crippen molar-refractivity contribution in [2.75, 3.05) is 5.32 Å². The third-order valence-corrected chi connectivity index (χ3v) is 5.14. The first-order valence-electron chi connectivity index (χ1n) is 10.7. The molecule has 0 unspecified atom stereocenters. The number of aromatic nitrogens is 4. The number of imidazole rings is 1. The number of amides is 1. The second kappa shape index (κ2) is 9.79. The van der Waals surface area contributed by atoms with Crippen molar-refractivity contribution in [3.05, 3.63) is 115 Å². The Hall–Kier alpha value is -4.78. The number of pyridine rings is 2. The first kappa shape index (κ1) is 21.1. The van der Waals surface area contributed by atoms with Crippen LogP contribution < -0.4 is 10.1 Å². The zero-order chi connectivity index (χ0) is 23.2. The summed E-state index contributed by atoms with van der Waals surface area (Å²) in [6, 6.07) is 24.7. The van der Waals surface area contributed by atoms with E-state index in [0.29, 0.717) is 12.3 Å². The van der Waals surface area contributed by atoms with Gasteiger partial charge in [0.25, 0.3) is 0 Å². The van der Waals surface area contributed by atoms with Gasteiger partial charge in [0.15, 0.2) is 0 Å². The Labute approximate surface area is 196 Å². The topological polar surface area (TPSA) is 81.9 Å². The lowest BCUT2D eigenvalue weighted by atomic mass is 10.2. The van der Waals surface area contributed by atoms with Crippen LogP contribution in [0.2, 0.25) is 0 Å². The largest absolute Gasteiger partial charge is 0.487 e. The van der Waals surface area contributed by atoms with E-state index in [1.54, 1.807) is 24.8 Å². The Morgan fingerprint density at radius 1 is 0.912 bits per heavy atom. The second-order valence-electron chi connectivity index (χ2n) is 7.51. The SMILES string of the molecule is O=C(/C=C/c1ccc(OCc2ccccn2)cc1)Nc1ccc(-n2cnc3ccccc32)nc1. The van der Waals surface area contributed by atoms with Gasteiger partial charge in [-0.05, 0) is 60.2 Å². The van der Waals surface area contributed by atoms with Gasteiger partial charge in [-0.1, -0.05) is 30.3 Å². The number of rotatable bonds is 7. The van der Waals surface area contributed by atoms with Gasteiger partial charge in [0.05, 0.1) is 28.6 Å². The summed E-state index contributed by atoms with van der Waals surface area (Å²) in [5, 5.41) is 2.83. The van der Waals surface area contributed by atoms with Crippen LogP contribution in [0.4, 0.5) is 5.69 Å². The zero-order valence-electron chi connectivity index (χ0n) is 18.2. The molecule has 0 bridgehead atoms. The van der Waals surface area contributed by atoms with E-state index in [2.05, 4.69) is 20.3 Å². The van der Waals surface area contributed by atoms with Crippen LogP contribution in [-0.2, 0) is 11.4 Å². The molecule has 1 N–H and O–H groups in total. The third-order valence-electron chi connectivity index (χ3n) is 5.14. The number of hydrogen-bond donors (Lipinski definition) is 1. The summed E-state index contributed by atoms with van der Waals surface area (Å²) < 4.78 is 7.64. The van der Waals surface area contributed by atoms with E-state index >= 15 is 0 Å². The Morgan fingerprint density at radius 3 is 2.56 bits per heavy atom. The minimum absolute atomic E-state index is 0.238. The number of benzene rings is 2. The van der Waals surface area contributed by atoms with Crippen LogP contribution in [0.5, 0.6) is 5.75 Å². The Kier molecular flexibility index (Phi) is 6.07. The van der Waals surface area contributed by atoms with Gasteiger partial charge in [0, 0.05) is 12.3 Å². The molecule has 0 aliphatic rings. The molecular weight excluding hydrogens is 426 g/mol. The number of ether oxygens (including phenoxy) is 1. The van der Waals surface area contributed by atoms with E-state index in [-0.39, 0.29) is 5.91 Å². The second-order valence-corrected chi connectivity index (χ2v) is 7.51. The number of fused-ring (bicyclic) bond motifs is 1. The number of nitrogens with zero attached hydrogens (tertiary/aromatic N) is 4. The fourth-order valence-electron chi connectivity index (χ4n) is 3.42. The minimum Gasteiger partial charge on any atom is -0.487 e. The van der Waals surface area contributed by atoms with Gasteiger partial charge in [0.1, 0.15) is 24.5 Å². The highest BCUT2D eigenvalue weighted by Crippen LogP contribution is 2.18. The smallest absolute Gasteiger partial charge is 0.248 e. The summed E-state index contributed by atoms with van der Waals surface area (Å²) in [5.74, 6) is 1.23. The molecule has 1 amide bonds. The molecule has 0 spiro atoms. The highest BCUT2D eigenvalue weighted by molar-refractivity contribution is 6.01. The molecule has 0 fully saturated rings. The van der Waals surface area contributed by atoms with Crippen LogP contribution in [0.15, 0.2) is 104 Å². The highest BCUT2D eigenvalue weighted by atomic mass is 16.5. The predicted octanol–water partition coefficient (Wildman–Crippen LogP) is 5.05. The molecule has 0 aliphatic carbocycles. The molecule has 3 aromatic heterocycles. The van der Waals surface area contributed by atoms with E-state index in [1.165, 1.54) is 6.08 Å². The number of nitrogens with one attached hydrogen (secondary N) is 1. The summed E-state index contributed by atoms with van der Waals surface area (Å²) >= 11 is 0. The minimum atomic E-state index is -0.238. The molecule has 5 aromatic rings. The fraction of sp³-hybridized carbons (Fsp3) is 0.0370. The summed E-state index contributed by atoms with van der Waals surface area (Å²) in [7, 11) is 0. The van der Waals surface area contributed by atoms with Crippen molar-refractivity contribution in [2.45, 2.75) is 6.61 Å². The summed E-state index contributed by atoms with van der Waals surface area (Å²) in [6.45, 7) is 0.405. The normalized spacial score (nSPS) is 11.1. The summed E-state index contributed by atoms with van der Waals surface area (Å²) in [6.07, 6.45) is 8.34. The molecule has 3 heterocycles. The molecule has 0 atom stereocenters. The third kappa shape index (κ3) is 4.99. The van der Waals surface area contributed by atoms with Gasteiger partial charge in [-0.3, -0.25) is 14.3 Å². The Balaban J connectivity index is 1.17. The number of para-hydroxylation sites is 2. The lowest BCUT2D eigenvalue weighted by Crippen LogP contribution is -2.08. The number of carbonyl (C=O) groups is 1. The maximum atomic E-state index is 12.3. The lowest BCUT2D eigenvalue weighted by molar-refractivity contribution is -0.111. The average Bonchev–Trinajstić information content (AvgIpc) is 3.32. The van der Waals surface area contributed by atoms with Gasteiger partial charge in [-0.2, -0.15) is 0 Å². The number of anilines is 1. The van der Waals surface area contributed by atoms with E-state index < -0.39 is 0 Å². The van der Waals surface area contributed by atoms with E-state index in [4.69, 9.17) is 4.74 Å². The Morgan fingerprint density at radius 2 is 1.76 bits per heavy atom. The molecule has 0 saturated heterocycles. The first-order valence-corrected chi connectivity index (χ1v) is 10.7. The highest BCUT2D eigenvalue weighted by Gasteiger charge is 2.06. The lowest BCUT2D eigenvalue weighted by Gasteiger charge is -2.06. The molecule has 7 heteroatoms. The van der Waals surface area contributed by atoms with Crippen molar-refractivity contribution >= 4 is 28.7 Å². The first-order chi connectivity index (χ1) is 16.7. The van der Waals surface area contributed by atoms with Crippen LogP contribution in [0, 0.1) is 0 Å². The van der Waals surface area contributed by atoms with Crippen LogP contribution in [0.3, 0.4) is 0 Å². The van der Waals surface area contributed by atoms with Crippen molar-refractivity contribution in [2.24, 2.45) is 0 Å². The van der Waals surface area contributed by atoms with Crippen LogP contribution >= 0.6 is 0 Å². The zero-order valence-corrected chi connectivity index (χ0v) is 18.2. The molecule has 0 radical (unpaired) electrons. The van der Waals surface area contributed by atoms with Crippen LogP contribution in [0.25, 0.3) is 22.9 Å². The molecule has 7 nitrogen and oxygen atoms in total. The maximum Gasteiger partial charge on any atom is 0.248 e. The van der Waals surface area contributed by atoms with Gasteiger partial charge in [-0.15, -0.1) is 0 Å². The van der Waals surface area contributed by atoms with Gasteiger partial charge in [-0.25, -0.2) is 9.97 Å². The molecule has 34 heavy (non-hydrogen) atoms. The number of carbonyl (C=O) groups excluding carboxylic acids is 1. The molecule has 166 valence electrons. The van der Waals surface area contributed by atoms with Crippen molar-refractivity contribution in [3.63, 3.8) is 0 Å². The van der Waals surface area contributed by atoms with E-state index in [0.717, 1.165) is 33.9 Å². The van der Waals surface area contributed by atoms with Crippen LogP contribution in [0.1, 0.15) is 11.3 Å². The number of hydrogen-bond acceptors (Lipinski definition) is 5. The van der Waals surface area contributed by atoms with E-state index in [9.17, 15) is 4.79 Å². The fourth-order valence-corrected chi connectivity index (χ4v) is 3.42. The molecule has 5 rings (SSSR count). The summed E-state index contributed by atoms with van der Waals surface area (Å²) in [4.78, 5) is 25.4. The standard InChI is InChI=1S/C27H21N5O2/c33-27(15-10-20-8-12-23(13-9-20)34-18-22-5-3-4-16-28-22)31-21-11-14-26(29-17-21)32-19-30-24-6-1-2-7-25(24)32/h1-17,19H,18H2,(H,31,33)/b15-10+. The van der Waals surface area contributed by atoms with Crippen molar-refractivity contribution < 1.29 is 9.53 Å². The molecular formula is C27H21N5O2. The van der Waals surface area contributed by atoms with Gasteiger partial charge >= 0.3 is 0 Å². The maximum absolute atomic E-state index is 12.3. The van der Waals surface area contributed by atoms with Gasteiger partial charge < -0.3 is 10.1 Å². The monoisotopic (exact) mass is 447 g/mol. The van der Waals surface area contributed by atoms with E-state index in [1.807, 2.05) is 83.4 Å². The van der Waals surface area contributed by atoms with Crippen LogP contribution in [-0.4, -0.2) is 25.4 Å². The predicted molar refractivity (Wildman–Crippen MR) is 132 cm³/mol. The average molecular weight is 447 g/mol. The van der Waals surface area contributed by atoms with Crippen molar-refractivity contribution in [3.8, 4) is 11.6 Å².